The van der Waals surface area contributed by atoms with Crippen molar-refractivity contribution in [3.05, 3.63) is 23.8 Å². The number of rotatable bonds is 6. The number of hydrogen-bond acceptors (Lipinski definition) is 6. The lowest BCUT2D eigenvalue weighted by Gasteiger charge is -2.13. The van der Waals surface area contributed by atoms with Crippen molar-refractivity contribution in [1.29, 1.82) is 0 Å². The van der Waals surface area contributed by atoms with Crippen LogP contribution >= 0.6 is 0 Å². The second-order valence-corrected chi connectivity index (χ2v) is 7.95. The summed E-state index contributed by atoms with van der Waals surface area (Å²) >= 11 is 0. The molecule has 2 unspecified atom stereocenters. The van der Waals surface area contributed by atoms with E-state index in [9.17, 15) is 17.4 Å². The molecule has 0 aliphatic carbocycles. The Kier molecular flexibility index (Phi) is 5.87. The number of carbonyl (C=O) groups excluding carboxylic acids is 1. The molecule has 21 heavy (non-hydrogen) atoms. The number of methoxy groups -OCH3 is 1. The van der Waals surface area contributed by atoms with Crippen molar-refractivity contribution >= 4 is 32.5 Å². The van der Waals surface area contributed by atoms with Crippen LogP contribution < -0.4 is 10.5 Å². The SMILES string of the molecule is COC(=O)c1ccc(N)cc1S(=O)(=O)NCC(C)S(C)=O. The molecule has 0 heterocycles. The molecule has 0 aromatic heterocycles. The molecule has 2 atom stereocenters. The molecular formula is C12H18N2O5S2. The van der Waals surface area contributed by atoms with E-state index in [1.165, 1.54) is 24.5 Å². The summed E-state index contributed by atoms with van der Waals surface area (Å²) in [6.45, 7) is 1.64. The van der Waals surface area contributed by atoms with Gasteiger partial charge in [0.2, 0.25) is 10.0 Å². The highest BCUT2D eigenvalue weighted by atomic mass is 32.2. The third kappa shape index (κ3) is 4.51. The molecule has 1 aromatic rings. The molecule has 1 rings (SSSR count). The van der Waals surface area contributed by atoms with Gasteiger partial charge in [-0.05, 0) is 25.1 Å². The van der Waals surface area contributed by atoms with E-state index in [1.807, 2.05) is 0 Å². The van der Waals surface area contributed by atoms with Crippen LogP contribution in [0.15, 0.2) is 23.1 Å². The molecule has 0 saturated heterocycles. The van der Waals surface area contributed by atoms with E-state index in [0.717, 1.165) is 7.11 Å². The summed E-state index contributed by atoms with van der Waals surface area (Å²) in [6.07, 6.45) is 1.49. The number of ether oxygens (including phenoxy) is 1. The normalized spacial score (nSPS) is 14.4. The Labute approximate surface area is 126 Å². The van der Waals surface area contributed by atoms with Crippen molar-refractivity contribution in [2.45, 2.75) is 17.1 Å². The van der Waals surface area contributed by atoms with Gasteiger partial charge >= 0.3 is 5.97 Å². The molecule has 3 N–H and O–H groups in total. The minimum Gasteiger partial charge on any atom is -0.465 e. The number of nitrogens with two attached hydrogens (primary N) is 1. The predicted octanol–water partition coefficient (Wildman–Crippen LogP) is 0.101. The van der Waals surface area contributed by atoms with Crippen molar-refractivity contribution in [1.82, 2.24) is 4.72 Å². The van der Waals surface area contributed by atoms with E-state index in [4.69, 9.17) is 5.73 Å². The summed E-state index contributed by atoms with van der Waals surface area (Å²) in [5, 5.41) is -0.359. The number of esters is 1. The van der Waals surface area contributed by atoms with E-state index in [2.05, 4.69) is 9.46 Å². The van der Waals surface area contributed by atoms with Crippen molar-refractivity contribution in [2.75, 3.05) is 25.6 Å². The van der Waals surface area contributed by atoms with Gasteiger partial charge in [-0.3, -0.25) is 4.21 Å². The lowest BCUT2D eigenvalue weighted by Crippen LogP contribution is -2.33. The predicted molar refractivity (Wildman–Crippen MR) is 80.9 cm³/mol. The van der Waals surface area contributed by atoms with Crippen molar-refractivity contribution in [3.63, 3.8) is 0 Å². The van der Waals surface area contributed by atoms with E-state index in [1.54, 1.807) is 6.92 Å². The van der Waals surface area contributed by atoms with Gasteiger partial charge in [-0.2, -0.15) is 0 Å². The van der Waals surface area contributed by atoms with Gasteiger partial charge in [-0.25, -0.2) is 17.9 Å². The first-order chi connectivity index (χ1) is 9.69. The standard InChI is InChI=1S/C12H18N2O5S2/c1-8(20(3)16)7-14-21(17,18)11-6-9(13)4-5-10(11)12(15)19-2/h4-6,8,14H,7,13H2,1-3H3. The van der Waals surface area contributed by atoms with Crippen LogP contribution in [0.4, 0.5) is 5.69 Å². The zero-order valence-electron chi connectivity index (χ0n) is 12.0. The summed E-state index contributed by atoms with van der Waals surface area (Å²) in [5.41, 5.74) is 5.67. The topological polar surface area (TPSA) is 116 Å². The second-order valence-electron chi connectivity index (χ2n) is 4.41. The Morgan fingerprint density at radius 1 is 1.48 bits per heavy atom. The molecule has 7 nitrogen and oxygen atoms in total. The minimum absolute atomic E-state index is 0.0130. The van der Waals surface area contributed by atoms with Gasteiger partial charge in [0.1, 0.15) is 0 Å². The fourth-order valence-corrected chi connectivity index (χ4v) is 3.24. The van der Waals surface area contributed by atoms with Gasteiger partial charge in [-0.15, -0.1) is 0 Å². The molecule has 0 amide bonds. The summed E-state index contributed by atoms with van der Waals surface area (Å²) < 4.78 is 42.7. The van der Waals surface area contributed by atoms with Gasteiger partial charge in [-0.1, -0.05) is 0 Å². The Morgan fingerprint density at radius 3 is 2.62 bits per heavy atom. The van der Waals surface area contributed by atoms with E-state index in [0.29, 0.717) is 0 Å². The maximum absolute atomic E-state index is 12.3. The Balaban J connectivity index is 3.15. The Bertz CT molecular complexity index is 658. The molecule has 0 aliphatic rings. The number of carbonyl (C=O) groups is 1. The fourth-order valence-electron chi connectivity index (χ4n) is 1.46. The molecule has 0 saturated carbocycles. The average Bonchev–Trinajstić information content (AvgIpc) is 2.43. The highest BCUT2D eigenvalue weighted by Gasteiger charge is 2.24. The molecule has 9 heteroatoms. The summed E-state index contributed by atoms with van der Waals surface area (Å²) in [5.74, 6) is -0.775. The molecular weight excluding hydrogens is 316 g/mol. The van der Waals surface area contributed by atoms with Crippen LogP contribution in [0.25, 0.3) is 0 Å². The number of nitrogens with one attached hydrogen (secondary N) is 1. The highest BCUT2D eigenvalue weighted by molar-refractivity contribution is 7.89. The van der Waals surface area contributed by atoms with Gasteiger partial charge in [0.05, 0.1) is 17.6 Å². The van der Waals surface area contributed by atoms with Crippen LogP contribution in [0.3, 0.4) is 0 Å². The number of anilines is 1. The smallest absolute Gasteiger partial charge is 0.339 e. The monoisotopic (exact) mass is 334 g/mol. The molecule has 0 aliphatic heterocycles. The molecule has 0 bridgehead atoms. The minimum atomic E-state index is -3.96. The third-order valence-electron chi connectivity index (χ3n) is 2.83. The van der Waals surface area contributed by atoms with Crippen molar-refractivity contribution < 1.29 is 22.2 Å². The number of nitrogen functional groups attached to an aromatic ring is 1. The number of sulfonamides is 1. The van der Waals surface area contributed by atoms with Crippen molar-refractivity contribution in [3.8, 4) is 0 Å². The second kappa shape index (κ2) is 7.01. The van der Waals surface area contributed by atoms with Gasteiger partial charge < -0.3 is 10.5 Å². The lowest BCUT2D eigenvalue weighted by molar-refractivity contribution is 0.0596. The number of hydrogen-bond donors (Lipinski definition) is 2. The van der Waals surface area contributed by atoms with Gasteiger partial charge in [0.25, 0.3) is 0 Å². The van der Waals surface area contributed by atoms with E-state index in [-0.39, 0.29) is 27.9 Å². The molecule has 0 radical (unpaired) electrons. The fraction of sp³-hybridized carbons (Fsp3) is 0.417. The average molecular weight is 334 g/mol. The zero-order chi connectivity index (χ0) is 16.2. The maximum Gasteiger partial charge on any atom is 0.339 e. The third-order valence-corrected chi connectivity index (χ3v) is 5.59. The molecule has 0 fully saturated rings. The first-order valence-corrected chi connectivity index (χ1v) is 9.09. The molecule has 1 aromatic carbocycles. The maximum atomic E-state index is 12.3. The van der Waals surface area contributed by atoms with Crippen LogP contribution in [-0.2, 0) is 25.6 Å². The highest BCUT2D eigenvalue weighted by Crippen LogP contribution is 2.20. The van der Waals surface area contributed by atoms with Gasteiger partial charge in [0, 0.05) is 34.5 Å². The Morgan fingerprint density at radius 2 is 2.10 bits per heavy atom. The lowest BCUT2D eigenvalue weighted by atomic mass is 10.2. The molecule has 118 valence electrons. The van der Waals surface area contributed by atoms with Crippen LogP contribution in [0.5, 0.6) is 0 Å². The van der Waals surface area contributed by atoms with E-state index >= 15 is 0 Å². The zero-order valence-corrected chi connectivity index (χ0v) is 13.6. The van der Waals surface area contributed by atoms with E-state index < -0.39 is 26.8 Å². The quantitative estimate of drug-likeness (QED) is 0.563. The summed E-state index contributed by atoms with van der Waals surface area (Å²) in [6, 6.07) is 3.88. The van der Waals surface area contributed by atoms with Gasteiger partial charge in [0.15, 0.2) is 0 Å². The number of benzene rings is 1. The largest absolute Gasteiger partial charge is 0.465 e. The van der Waals surface area contributed by atoms with Crippen molar-refractivity contribution in [2.24, 2.45) is 0 Å². The van der Waals surface area contributed by atoms with Crippen LogP contribution in [0.1, 0.15) is 17.3 Å². The Hall–Kier alpha value is -1.45. The summed E-state index contributed by atoms with van der Waals surface area (Å²) in [4.78, 5) is 11.4. The molecule has 0 spiro atoms. The van der Waals surface area contributed by atoms with Crippen LogP contribution in [0.2, 0.25) is 0 Å². The van der Waals surface area contributed by atoms with Crippen LogP contribution in [0, 0.1) is 0 Å². The van der Waals surface area contributed by atoms with Crippen LogP contribution in [-0.4, -0.2) is 43.8 Å². The first-order valence-electron chi connectivity index (χ1n) is 5.98. The summed E-state index contributed by atoms with van der Waals surface area (Å²) in [7, 11) is -3.97. The first kappa shape index (κ1) is 17.6.